The Morgan fingerprint density at radius 2 is 2.00 bits per heavy atom. The van der Waals surface area contributed by atoms with E-state index >= 15 is 0 Å². The third-order valence-corrected chi connectivity index (χ3v) is 2.69. The predicted octanol–water partition coefficient (Wildman–Crippen LogP) is 3.15. The molecule has 0 saturated carbocycles. The summed E-state index contributed by atoms with van der Waals surface area (Å²) in [4.78, 5) is 11.3. The van der Waals surface area contributed by atoms with Crippen LogP contribution >= 0.6 is 11.6 Å². The monoisotopic (exact) mass is 222 g/mol. The molecule has 15 heavy (non-hydrogen) atoms. The second kappa shape index (κ2) is 3.70. The predicted molar refractivity (Wildman–Crippen MR) is 61.5 cm³/mol. The molecular formula is C12H11ClO2. The molecule has 0 spiro atoms. The van der Waals surface area contributed by atoms with Crippen molar-refractivity contribution >= 4 is 22.6 Å². The molecule has 0 aliphatic heterocycles. The van der Waals surface area contributed by atoms with E-state index in [-0.39, 0.29) is 5.63 Å². The fourth-order valence-electron chi connectivity index (χ4n) is 1.79. The van der Waals surface area contributed by atoms with Crippen LogP contribution < -0.4 is 5.63 Å². The van der Waals surface area contributed by atoms with Gasteiger partial charge in [0.1, 0.15) is 5.58 Å². The Morgan fingerprint density at radius 3 is 2.67 bits per heavy atom. The van der Waals surface area contributed by atoms with Gasteiger partial charge in [0.2, 0.25) is 0 Å². The Hall–Kier alpha value is -1.28. The molecule has 3 heteroatoms. The highest BCUT2D eigenvalue weighted by atomic mass is 35.5. The van der Waals surface area contributed by atoms with Crippen LogP contribution in [0.1, 0.15) is 16.7 Å². The van der Waals surface area contributed by atoms with Gasteiger partial charge in [-0.25, -0.2) is 4.79 Å². The van der Waals surface area contributed by atoms with Crippen LogP contribution in [0.15, 0.2) is 27.4 Å². The van der Waals surface area contributed by atoms with Gasteiger partial charge in [-0.15, -0.1) is 11.6 Å². The molecule has 2 rings (SSSR count). The number of aryl methyl sites for hydroxylation is 2. The fraction of sp³-hybridized carbons (Fsp3) is 0.250. The molecule has 0 atom stereocenters. The summed E-state index contributed by atoms with van der Waals surface area (Å²) >= 11 is 5.80. The van der Waals surface area contributed by atoms with Crippen molar-refractivity contribution in [3.8, 4) is 0 Å². The van der Waals surface area contributed by atoms with Crippen molar-refractivity contribution in [2.45, 2.75) is 19.7 Å². The SMILES string of the molecule is Cc1cc(C)c2oc(=O)cc(CCl)c2c1. The molecule has 1 heterocycles. The lowest BCUT2D eigenvalue weighted by atomic mass is 10.0. The van der Waals surface area contributed by atoms with E-state index in [9.17, 15) is 4.79 Å². The second-order valence-electron chi connectivity index (χ2n) is 3.68. The van der Waals surface area contributed by atoms with Gasteiger partial charge in [0.25, 0.3) is 0 Å². The molecule has 0 aliphatic rings. The van der Waals surface area contributed by atoms with E-state index in [0.29, 0.717) is 11.5 Å². The van der Waals surface area contributed by atoms with E-state index in [0.717, 1.165) is 22.1 Å². The molecule has 2 nitrogen and oxygen atoms in total. The maximum atomic E-state index is 11.3. The van der Waals surface area contributed by atoms with Crippen molar-refractivity contribution in [3.05, 3.63) is 45.3 Å². The van der Waals surface area contributed by atoms with E-state index in [1.54, 1.807) is 0 Å². The van der Waals surface area contributed by atoms with E-state index in [1.165, 1.54) is 6.07 Å². The third-order valence-electron chi connectivity index (χ3n) is 2.40. The number of hydrogen-bond acceptors (Lipinski definition) is 2. The topological polar surface area (TPSA) is 30.2 Å². The maximum absolute atomic E-state index is 11.3. The zero-order valence-corrected chi connectivity index (χ0v) is 9.39. The van der Waals surface area contributed by atoms with Crippen molar-refractivity contribution in [3.63, 3.8) is 0 Å². The summed E-state index contributed by atoms with van der Waals surface area (Å²) < 4.78 is 5.18. The van der Waals surface area contributed by atoms with Crippen molar-refractivity contribution in [2.75, 3.05) is 0 Å². The summed E-state index contributed by atoms with van der Waals surface area (Å²) in [7, 11) is 0. The third kappa shape index (κ3) is 1.77. The minimum atomic E-state index is -0.342. The number of benzene rings is 1. The zero-order chi connectivity index (χ0) is 11.0. The molecule has 0 fully saturated rings. The summed E-state index contributed by atoms with van der Waals surface area (Å²) in [6.45, 7) is 3.94. The lowest BCUT2D eigenvalue weighted by molar-refractivity contribution is 0.557. The summed E-state index contributed by atoms with van der Waals surface area (Å²) in [5.41, 5.74) is 3.23. The van der Waals surface area contributed by atoms with Crippen LogP contribution in [0.4, 0.5) is 0 Å². The van der Waals surface area contributed by atoms with Crippen LogP contribution in [0, 0.1) is 13.8 Å². The molecule has 0 radical (unpaired) electrons. The highest BCUT2D eigenvalue weighted by Gasteiger charge is 2.07. The smallest absolute Gasteiger partial charge is 0.336 e. The number of rotatable bonds is 1. The highest BCUT2D eigenvalue weighted by molar-refractivity contribution is 6.18. The first-order chi connectivity index (χ1) is 7.11. The van der Waals surface area contributed by atoms with E-state index in [4.69, 9.17) is 16.0 Å². The quantitative estimate of drug-likeness (QED) is 0.548. The maximum Gasteiger partial charge on any atom is 0.336 e. The highest BCUT2D eigenvalue weighted by Crippen LogP contribution is 2.23. The lowest BCUT2D eigenvalue weighted by Crippen LogP contribution is -2.00. The summed E-state index contributed by atoms with van der Waals surface area (Å²) in [6, 6.07) is 5.43. The van der Waals surface area contributed by atoms with E-state index < -0.39 is 0 Å². The molecule has 1 aromatic carbocycles. The molecule has 0 N–H and O–H groups in total. The van der Waals surface area contributed by atoms with Crippen molar-refractivity contribution in [1.29, 1.82) is 0 Å². The number of fused-ring (bicyclic) bond motifs is 1. The van der Waals surface area contributed by atoms with E-state index in [2.05, 4.69) is 0 Å². The van der Waals surface area contributed by atoms with E-state index in [1.807, 2.05) is 26.0 Å². The van der Waals surface area contributed by atoms with Gasteiger partial charge in [-0.1, -0.05) is 6.07 Å². The lowest BCUT2D eigenvalue weighted by Gasteiger charge is -2.05. The fourth-order valence-corrected chi connectivity index (χ4v) is 2.01. The molecular weight excluding hydrogens is 212 g/mol. The molecule has 0 bridgehead atoms. The zero-order valence-electron chi connectivity index (χ0n) is 8.63. The Bertz CT molecular complexity index is 570. The first-order valence-electron chi connectivity index (χ1n) is 4.72. The minimum Gasteiger partial charge on any atom is -0.422 e. The number of halogens is 1. The summed E-state index contributed by atoms with van der Waals surface area (Å²) in [5, 5.41) is 0.933. The molecule has 0 amide bonds. The first-order valence-corrected chi connectivity index (χ1v) is 5.25. The molecule has 0 saturated heterocycles. The van der Waals surface area contributed by atoms with Crippen LogP contribution in [-0.2, 0) is 5.88 Å². The second-order valence-corrected chi connectivity index (χ2v) is 3.95. The van der Waals surface area contributed by atoms with Crippen molar-refractivity contribution < 1.29 is 4.42 Å². The van der Waals surface area contributed by atoms with Gasteiger partial charge in [0.15, 0.2) is 0 Å². The molecule has 0 aliphatic carbocycles. The average Bonchev–Trinajstić information content (AvgIpc) is 2.18. The largest absolute Gasteiger partial charge is 0.422 e. The van der Waals surface area contributed by atoms with Gasteiger partial charge in [-0.2, -0.15) is 0 Å². The number of alkyl halides is 1. The van der Waals surface area contributed by atoms with Crippen LogP contribution in [0.3, 0.4) is 0 Å². The van der Waals surface area contributed by atoms with Gasteiger partial charge in [-0.3, -0.25) is 0 Å². The normalized spacial score (nSPS) is 10.9. The van der Waals surface area contributed by atoms with Gasteiger partial charge in [-0.05, 0) is 36.6 Å². The summed E-state index contributed by atoms with van der Waals surface area (Å²) in [5.74, 6) is 0.324. The van der Waals surface area contributed by atoms with Gasteiger partial charge in [0.05, 0.1) is 0 Å². The average molecular weight is 223 g/mol. The Balaban J connectivity index is 2.96. The summed E-state index contributed by atoms with van der Waals surface area (Å²) in [6.07, 6.45) is 0. The van der Waals surface area contributed by atoms with Crippen LogP contribution in [0.2, 0.25) is 0 Å². The van der Waals surface area contributed by atoms with Gasteiger partial charge < -0.3 is 4.42 Å². The molecule has 78 valence electrons. The molecule has 1 aromatic heterocycles. The van der Waals surface area contributed by atoms with Gasteiger partial charge in [0, 0.05) is 17.3 Å². The number of hydrogen-bond donors (Lipinski definition) is 0. The van der Waals surface area contributed by atoms with Crippen molar-refractivity contribution in [2.24, 2.45) is 0 Å². The molecule has 2 aromatic rings. The van der Waals surface area contributed by atoms with Crippen LogP contribution in [0.5, 0.6) is 0 Å². The standard InChI is InChI=1S/C12H11ClO2/c1-7-3-8(2)12-10(4-7)9(6-13)5-11(14)15-12/h3-5H,6H2,1-2H3. The van der Waals surface area contributed by atoms with Gasteiger partial charge >= 0.3 is 5.63 Å². The first kappa shape index (κ1) is 10.2. The molecule has 0 unspecified atom stereocenters. The van der Waals surface area contributed by atoms with Crippen LogP contribution in [-0.4, -0.2) is 0 Å². The van der Waals surface area contributed by atoms with Crippen LogP contribution in [0.25, 0.3) is 11.0 Å². The Kier molecular flexibility index (Phi) is 2.53. The Morgan fingerprint density at radius 1 is 1.27 bits per heavy atom. The minimum absolute atomic E-state index is 0.324. The van der Waals surface area contributed by atoms with Crippen molar-refractivity contribution in [1.82, 2.24) is 0 Å². The Labute approximate surface area is 92.5 Å².